The highest BCUT2D eigenvalue weighted by Crippen LogP contribution is 2.40. The maximum absolute atomic E-state index is 6.11. The van der Waals surface area contributed by atoms with Crippen LogP contribution < -0.4 is 4.74 Å². The fourth-order valence-electron chi connectivity index (χ4n) is 2.46. The van der Waals surface area contributed by atoms with E-state index in [2.05, 4.69) is 15.9 Å². The molecule has 0 saturated heterocycles. The van der Waals surface area contributed by atoms with Crippen molar-refractivity contribution in [2.45, 2.75) is 32.1 Å². The minimum Gasteiger partial charge on any atom is -0.490 e. The van der Waals surface area contributed by atoms with E-state index in [1.807, 2.05) is 18.2 Å². The molecule has 1 fully saturated rings. The molecule has 0 spiro atoms. The first-order valence-corrected chi connectivity index (χ1v) is 8.17. The third-order valence-electron chi connectivity index (χ3n) is 3.64. The molecule has 100 valence electrons. The van der Waals surface area contributed by atoms with Crippen molar-refractivity contribution in [2.75, 3.05) is 11.9 Å². The Morgan fingerprint density at radius 1 is 1.11 bits per heavy atom. The van der Waals surface area contributed by atoms with Gasteiger partial charge in [0.25, 0.3) is 0 Å². The number of para-hydroxylation sites is 1. The van der Waals surface area contributed by atoms with Crippen molar-refractivity contribution in [2.24, 2.45) is 5.41 Å². The van der Waals surface area contributed by atoms with Gasteiger partial charge in [-0.15, -0.1) is 0 Å². The van der Waals surface area contributed by atoms with Crippen LogP contribution in [0.2, 0.25) is 10.0 Å². The van der Waals surface area contributed by atoms with Crippen LogP contribution in [0.4, 0.5) is 0 Å². The van der Waals surface area contributed by atoms with Crippen LogP contribution in [-0.2, 0) is 0 Å². The molecule has 0 aromatic heterocycles. The maximum Gasteiger partial charge on any atom is 0.156 e. The van der Waals surface area contributed by atoms with Gasteiger partial charge in [0.15, 0.2) is 5.75 Å². The molecule has 0 amide bonds. The molecule has 0 atom stereocenters. The van der Waals surface area contributed by atoms with Crippen molar-refractivity contribution < 1.29 is 4.74 Å². The Morgan fingerprint density at radius 2 is 1.72 bits per heavy atom. The number of halogens is 3. The average molecular weight is 352 g/mol. The first-order valence-electron chi connectivity index (χ1n) is 6.30. The summed E-state index contributed by atoms with van der Waals surface area (Å²) in [6.07, 6.45) is 6.32. The Labute approximate surface area is 127 Å². The molecule has 1 nitrogen and oxygen atoms in total. The van der Waals surface area contributed by atoms with Gasteiger partial charge in [0.1, 0.15) is 0 Å². The Bertz CT molecular complexity index is 383. The standard InChI is InChI=1S/C14H17BrCl2O/c15-9-14(7-2-1-3-8-14)10-18-13-11(16)5-4-6-12(13)17/h4-6H,1-3,7-10H2. The van der Waals surface area contributed by atoms with Gasteiger partial charge in [-0.25, -0.2) is 0 Å². The van der Waals surface area contributed by atoms with Crippen molar-refractivity contribution >= 4 is 39.1 Å². The summed E-state index contributed by atoms with van der Waals surface area (Å²) in [5.41, 5.74) is 0.237. The Kier molecular flexibility index (Phi) is 5.23. The fourth-order valence-corrected chi connectivity index (χ4v) is 3.69. The van der Waals surface area contributed by atoms with E-state index in [9.17, 15) is 0 Å². The highest BCUT2D eigenvalue weighted by Gasteiger charge is 2.32. The Hall–Kier alpha value is 0.0800. The molecular formula is C14H17BrCl2O. The van der Waals surface area contributed by atoms with Crippen LogP contribution in [0.1, 0.15) is 32.1 Å². The zero-order valence-electron chi connectivity index (χ0n) is 10.2. The lowest BCUT2D eigenvalue weighted by Crippen LogP contribution is -2.32. The quantitative estimate of drug-likeness (QED) is 0.630. The lowest BCUT2D eigenvalue weighted by Gasteiger charge is -2.35. The van der Waals surface area contributed by atoms with Crippen molar-refractivity contribution in [3.63, 3.8) is 0 Å². The van der Waals surface area contributed by atoms with Gasteiger partial charge in [-0.3, -0.25) is 0 Å². The van der Waals surface area contributed by atoms with E-state index < -0.39 is 0 Å². The molecule has 1 aliphatic rings. The molecule has 0 unspecified atom stereocenters. The molecule has 1 aromatic rings. The molecule has 0 heterocycles. The van der Waals surface area contributed by atoms with Gasteiger partial charge < -0.3 is 4.74 Å². The Balaban J connectivity index is 2.05. The zero-order valence-corrected chi connectivity index (χ0v) is 13.3. The topological polar surface area (TPSA) is 9.23 Å². The molecule has 0 N–H and O–H groups in total. The van der Waals surface area contributed by atoms with Crippen LogP contribution in [-0.4, -0.2) is 11.9 Å². The van der Waals surface area contributed by atoms with Crippen LogP contribution >= 0.6 is 39.1 Å². The first-order chi connectivity index (χ1) is 8.67. The summed E-state index contributed by atoms with van der Waals surface area (Å²) >= 11 is 15.9. The average Bonchev–Trinajstić information content (AvgIpc) is 2.39. The number of hydrogen-bond acceptors (Lipinski definition) is 1. The van der Waals surface area contributed by atoms with Crippen molar-refractivity contribution in [3.8, 4) is 5.75 Å². The lowest BCUT2D eigenvalue weighted by atomic mass is 9.76. The van der Waals surface area contributed by atoms with Crippen LogP contribution in [0.25, 0.3) is 0 Å². The van der Waals surface area contributed by atoms with E-state index >= 15 is 0 Å². The van der Waals surface area contributed by atoms with Crippen molar-refractivity contribution in [1.29, 1.82) is 0 Å². The summed E-state index contributed by atoms with van der Waals surface area (Å²) in [4.78, 5) is 0. The van der Waals surface area contributed by atoms with E-state index in [4.69, 9.17) is 27.9 Å². The predicted octanol–water partition coefficient (Wildman–Crippen LogP) is 5.72. The zero-order chi connectivity index (χ0) is 13.0. The molecule has 0 aliphatic heterocycles. The number of benzene rings is 1. The summed E-state index contributed by atoms with van der Waals surface area (Å²) in [7, 11) is 0. The van der Waals surface area contributed by atoms with E-state index in [-0.39, 0.29) is 5.41 Å². The molecule has 0 bridgehead atoms. The summed E-state index contributed by atoms with van der Waals surface area (Å²) in [6.45, 7) is 0.682. The van der Waals surface area contributed by atoms with Crippen molar-refractivity contribution in [1.82, 2.24) is 0 Å². The maximum atomic E-state index is 6.11. The summed E-state index contributed by atoms with van der Waals surface area (Å²) in [6, 6.07) is 5.45. The van der Waals surface area contributed by atoms with Gasteiger partial charge in [0.05, 0.1) is 16.7 Å². The number of hydrogen-bond donors (Lipinski definition) is 0. The van der Waals surface area contributed by atoms with E-state index in [1.54, 1.807) is 0 Å². The largest absolute Gasteiger partial charge is 0.490 e. The number of rotatable bonds is 4. The van der Waals surface area contributed by atoms with Gasteiger partial charge in [-0.2, -0.15) is 0 Å². The van der Waals surface area contributed by atoms with Crippen molar-refractivity contribution in [3.05, 3.63) is 28.2 Å². The number of alkyl halides is 1. The molecular weight excluding hydrogens is 335 g/mol. The normalized spacial score (nSPS) is 18.6. The molecule has 1 aromatic carbocycles. The second-order valence-corrected chi connectivity index (χ2v) is 6.41. The minimum absolute atomic E-state index is 0.237. The molecule has 4 heteroatoms. The highest BCUT2D eigenvalue weighted by molar-refractivity contribution is 9.09. The lowest BCUT2D eigenvalue weighted by molar-refractivity contribution is 0.122. The SMILES string of the molecule is Clc1cccc(Cl)c1OCC1(CBr)CCCCC1. The second kappa shape index (κ2) is 6.49. The Morgan fingerprint density at radius 3 is 2.28 bits per heavy atom. The highest BCUT2D eigenvalue weighted by atomic mass is 79.9. The summed E-state index contributed by atoms with van der Waals surface area (Å²) < 4.78 is 5.91. The monoisotopic (exact) mass is 350 g/mol. The summed E-state index contributed by atoms with van der Waals surface area (Å²) in [5.74, 6) is 0.617. The second-order valence-electron chi connectivity index (χ2n) is 5.03. The van der Waals surface area contributed by atoms with E-state index in [0.717, 1.165) is 5.33 Å². The van der Waals surface area contributed by atoms with Gasteiger partial charge in [0, 0.05) is 10.7 Å². The predicted molar refractivity (Wildman–Crippen MR) is 81.3 cm³/mol. The fraction of sp³-hybridized carbons (Fsp3) is 0.571. The smallest absolute Gasteiger partial charge is 0.156 e. The van der Waals surface area contributed by atoms with Gasteiger partial charge in [0.2, 0.25) is 0 Å². The molecule has 1 saturated carbocycles. The van der Waals surface area contributed by atoms with Crippen LogP contribution in [0.5, 0.6) is 5.75 Å². The van der Waals surface area contributed by atoms with Crippen LogP contribution in [0.15, 0.2) is 18.2 Å². The van der Waals surface area contributed by atoms with Crippen LogP contribution in [0, 0.1) is 5.41 Å². The first kappa shape index (κ1) is 14.5. The number of ether oxygens (including phenoxy) is 1. The van der Waals surface area contributed by atoms with Gasteiger partial charge in [-0.05, 0) is 25.0 Å². The van der Waals surface area contributed by atoms with Crippen LogP contribution in [0.3, 0.4) is 0 Å². The van der Waals surface area contributed by atoms with Gasteiger partial charge in [-0.1, -0.05) is 64.5 Å². The molecule has 18 heavy (non-hydrogen) atoms. The third kappa shape index (κ3) is 3.34. The van der Waals surface area contributed by atoms with E-state index in [0.29, 0.717) is 22.4 Å². The van der Waals surface area contributed by atoms with Gasteiger partial charge >= 0.3 is 0 Å². The summed E-state index contributed by atoms with van der Waals surface area (Å²) in [5, 5.41) is 2.15. The molecule has 2 rings (SSSR count). The third-order valence-corrected chi connectivity index (χ3v) is 5.42. The molecule has 0 radical (unpaired) electrons. The van der Waals surface area contributed by atoms with E-state index in [1.165, 1.54) is 32.1 Å². The minimum atomic E-state index is 0.237. The molecule has 1 aliphatic carbocycles.